The maximum Gasteiger partial charge on any atom is 0.241 e. The highest BCUT2D eigenvalue weighted by molar-refractivity contribution is 7.89. The Kier molecular flexibility index (Phi) is 6.80. The fraction of sp³-hybridized carbons (Fsp3) is 0.714. The number of methoxy groups -OCH3 is 1. The fourth-order valence-corrected chi connectivity index (χ4v) is 4.77. The molecule has 0 unspecified atom stereocenters. The lowest BCUT2D eigenvalue weighted by Gasteiger charge is -2.24. The molecule has 0 fully saturated rings. The lowest BCUT2D eigenvalue weighted by molar-refractivity contribution is 0.153. The second-order valence-corrected chi connectivity index (χ2v) is 8.97. The van der Waals surface area contributed by atoms with Gasteiger partial charge in [0.2, 0.25) is 10.0 Å². The van der Waals surface area contributed by atoms with Crippen LogP contribution in [0, 0.1) is 12.3 Å². The predicted octanol–water partition coefficient (Wildman–Crippen LogP) is 2.12. The third kappa shape index (κ3) is 5.67. The third-order valence-electron chi connectivity index (χ3n) is 3.29. The van der Waals surface area contributed by atoms with Gasteiger partial charge < -0.3 is 10.1 Å². The highest BCUT2D eigenvalue weighted by Gasteiger charge is 2.24. The Morgan fingerprint density at radius 1 is 1.38 bits per heavy atom. The number of aryl methyl sites for hydroxylation is 1. The average Bonchev–Trinajstić information content (AvgIpc) is 2.77. The first-order chi connectivity index (χ1) is 9.72. The lowest BCUT2D eigenvalue weighted by atomic mass is 9.90. The lowest BCUT2D eigenvalue weighted by Crippen LogP contribution is -2.34. The Bertz CT molecular complexity index is 551. The summed E-state index contributed by atoms with van der Waals surface area (Å²) in [6.45, 7) is 7.60. The minimum absolute atomic E-state index is 0.138. The van der Waals surface area contributed by atoms with Crippen LogP contribution in [-0.4, -0.2) is 35.7 Å². The van der Waals surface area contributed by atoms with Gasteiger partial charge in [-0.25, -0.2) is 13.1 Å². The largest absolute Gasteiger partial charge is 0.385 e. The van der Waals surface area contributed by atoms with Crippen LogP contribution in [-0.2, 0) is 21.3 Å². The summed E-state index contributed by atoms with van der Waals surface area (Å²) >= 11 is 1.51. The molecule has 0 amide bonds. The van der Waals surface area contributed by atoms with Crippen molar-refractivity contribution in [1.82, 2.24) is 10.0 Å². The van der Waals surface area contributed by atoms with Gasteiger partial charge in [-0.15, -0.1) is 11.3 Å². The van der Waals surface area contributed by atoms with Crippen molar-refractivity contribution in [1.29, 1.82) is 0 Å². The SMILES string of the molecule is CNCc1cc(S(=O)(=O)NCC(C)(C)CCOC)c(C)s1. The molecule has 0 aliphatic heterocycles. The van der Waals surface area contributed by atoms with E-state index in [-0.39, 0.29) is 5.41 Å². The predicted molar refractivity (Wildman–Crippen MR) is 87.3 cm³/mol. The van der Waals surface area contributed by atoms with Crippen LogP contribution in [0.1, 0.15) is 30.0 Å². The zero-order valence-electron chi connectivity index (χ0n) is 13.4. The summed E-state index contributed by atoms with van der Waals surface area (Å²) < 4.78 is 32.7. The van der Waals surface area contributed by atoms with E-state index in [4.69, 9.17) is 4.74 Å². The molecule has 1 heterocycles. The maximum absolute atomic E-state index is 12.4. The normalized spacial score (nSPS) is 12.8. The van der Waals surface area contributed by atoms with Gasteiger partial charge in [0, 0.05) is 36.6 Å². The molecule has 0 aliphatic carbocycles. The second-order valence-electron chi connectivity index (χ2n) is 5.90. The summed E-state index contributed by atoms with van der Waals surface area (Å²) in [5, 5.41) is 3.04. The fourth-order valence-electron chi connectivity index (χ4n) is 1.89. The molecular weight excluding hydrogens is 308 g/mol. The van der Waals surface area contributed by atoms with Crippen LogP contribution >= 0.6 is 11.3 Å². The van der Waals surface area contributed by atoms with Gasteiger partial charge in [0.15, 0.2) is 0 Å². The summed E-state index contributed by atoms with van der Waals surface area (Å²) in [5.74, 6) is 0. The molecule has 1 aromatic rings. The van der Waals surface area contributed by atoms with E-state index in [0.717, 1.165) is 16.2 Å². The molecule has 5 nitrogen and oxygen atoms in total. The van der Waals surface area contributed by atoms with E-state index in [2.05, 4.69) is 10.0 Å². The van der Waals surface area contributed by atoms with Crippen molar-refractivity contribution in [3.63, 3.8) is 0 Å². The molecule has 0 aliphatic rings. The first-order valence-corrected chi connectivity index (χ1v) is 9.24. The van der Waals surface area contributed by atoms with E-state index < -0.39 is 10.0 Å². The molecule has 0 radical (unpaired) electrons. The monoisotopic (exact) mass is 334 g/mol. The Balaban J connectivity index is 2.77. The molecule has 0 saturated carbocycles. The first kappa shape index (κ1) is 18.6. The van der Waals surface area contributed by atoms with Crippen LogP contribution in [0.5, 0.6) is 0 Å². The van der Waals surface area contributed by atoms with Crippen LogP contribution in [0.15, 0.2) is 11.0 Å². The first-order valence-electron chi connectivity index (χ1n) is 6.94. The van der Waals surface area contributed by atoms with E-state index in [0.29, 0.717) is 24.6 Å². The van der Waals surface area contributed by atoms with Crippen LogP contribution in [0.25, 0.3) is 0 Å². The summed E-state index contributed by atoms with van der Waals surface area (Å²) in [6.07, 6.45) is 0.805. The minimum atomic E-state index is -3.45. The molecule has 1 rings (SSSR count). The molecule has 21 heavy (non-hydrogen) atoms. The number of ether oxygens (including phenoxy) is 1. The van der Waals surface area contributed by atoms with Crippen molar-refractivity contribution >= 4 is 21.4 Å². The minimum Gasteiger partial charge on any atom is -0.385 e. The molecule has 2 N–H and O–H groups in total. The van der Waals surface area contributed by atoms with Gasteiger partial charge in [0.25, 0.3) is 0 Å². The number of nitrogens with one attached hydrogen (secondary N) is 2. The van der Waals surface area contributed by atoms with Crippen molar-refractivity contribution in [2.45, 2.75) is 38.6 Å². The van der Waals surface area contributed by atoms with E-state index in [1.165, 1.54) is 11.3 Å². The van der Waals surface area contributed by atoms with Crippen molar-refractivity contribution in [3.8, 4) is 0 Å². The Labute approximate surface area is 132 Å². The third-order valence-corrected chi connectivity index (χ3v) is 5.99. The zero-order chi connectivity index (χ0) is 16.1. The number of rotatable bonds is 9. The standard InChI is InChI=1S/C14H26N2O3S2/c1-11-13(8-12(20-11)9-15-4)21(17,18)16-10-14(2,3)6-7-19-5/h8,15-16H,6-7,9-10H2,1-5H3. The molecule has 122 valence electrons. The van der Waals surface area contributed by atoms with Gasteiger partial charge in [-0.05, 0) is 31.9 Å². The van der Waals surface area contributed by atoms with Crippen LogP contribution < -0.4 is 10.0 Å². The number of hydrogen-bond acceptors (Lipinski definition) is 5. The molecule has 7 heteroatoms. The summed E-state index contributed by atoms with van der Waals surface area (Å²) in [7, 11) is 0.0432. The van der Waals surface area contributed by atoms with Crippen molar-refractivity contribution < 1.29 is 13.2 Å². The Hall–Kier alpha value is -0.470. The Morgan fingerprint density at radius 2 is 2.05 bits per heavy atom. The summed E-state index contributed by atoms with van der Waals surface area (Å²) in [6, 6.07) is 1.75. The molecule has 0 spiro atoms. The highest BCUT2D eigenvalue weighted by atomic mass is 32.2. The molecular formula is C14H26N2O3S2. The quantitative estimate of drug-likeness (QED) is 0.726. The van der Waals surface area contributed by atoms with Crippen LogP contribution in [0.2, 0.25) is 0 Å². The van der Waals surface area contributed by atoms with Crippen molar-refractivity contribution in [2.75, 3.05) is 27.3 Å². The molecule has 0 saturated heterocycles. The molecule has 0 atom stereocenters. The maximum atomic E-state index is 12.4. The van der Waals surface area contributed by atoms with E-state index >= 15 is 0 Å². The molecule has 0 bridgehead atoms. The van der Waals surface area contributed by atoms with E-state index in [1.807, 2.05) is 27.8 Å². The van der Waals surface area contributed by atoms with Gasteiger partial charge in [-0.3, -0.25) is 0 Å². The number of hydrogen-bond donors (Lipinski definition) is 2. The smallest absolute Gasteiger partial charge is 0.241 e. The summed E-state index contributed by atoms with van der Waals surface area (Å²) in [5.41, 5.74) is -0.138. The Morgan fingerprint density at radius 3 is 2.62 bits per heavy atom. The average molecular weight is 335 g/mol. The zero-order valence-corrected chi connectivity index (χ0v) is 15.1. The van der Waals surface area contributed by atoms with Gasteiger partial charge in [0.1, 0.15) is 0 Å². The highest BCUT2D eigenvalue weighted by Crippen LogP contribution is 2.26. The topological polar surface area (TPSA) is 67.4 Å². The number of sulfonamides is 1. The molecule has 1 aromatic heterocycles. The van der Waals surface area contributed by atoms with Crippen LogP contribution in [0.4, 0.5) is 0 Å². The number of thiophene rings is 1. The molecule has 0 aromatic carbocycles. The van der Waals surface area contributed by atoms with Gasteiger partial charge in [0.05, 0.1) is 4.90 Å². The second kappa shape index (κ2) is 7.69. The van der Waals surface area contributed by atoms with Gasteiger partial charge in [-0.1, -0.05) is 13.8 Å². The summed E-state index contributed by atoms with van der Waals surface area (Å²) in [4.78, 5) is 2.23. The van der Waals surface area contributed by atoms with E-state index in [9.17, 15) is 8.42 Å². The van der Waals surface area contributed by atoms with Gasteiger partial charge >= 0.3 is 0 Å². The van der Waals surface area contributed by atoms with Crippen molar-refractivity contribution in [3.05, 3.63) is 15.8 Å². The van der Waals surface area contributed by atoms with Gasteiger partial charge in [-0.2, -0.15) is 0 Å². The van der Waals surface area contributed by atoms with Crippen LogP contribution in [0.3, 0.4) is 0 Å². The van der Waals surface area contributed by atoms with Crippen molar-refractivity contribution in [2.24, 2.45) is 5.41 Å². The van der Waals surface area contributed by atoms with E-state index in [1.54, 1.807) is 13.2 Å².